The first-order valence-corrected chi connectivity index (χ1v) is 13.1. The number of carbonyl (C=O) groups is 3. The fourth-order valence-electron chi connectivity index (χ4n) is 5.04. The molecule has 8 nitrogen and oxygen atoms in total. The Balaban J connectivity index is 1.63. The molecule has 2 aliphatic heterocycles. The summed E-state index contributed by atoms with van der Waals surface area (Å²) in [4.78, 5) is 45.0. The molecule has 1 fully saturated rings. The maximum atomic E-state index is 13.6. The van der Waals surface area contributed by atoms with E-state index >= 15 is 0 Å². The number of benzene rings is 2. The monoisotopic (exact) mass is 542 g/mol. The lowest BCUT2D eigenvalue weighted by Crippen LogP contribution is -2.56. The highest BCUT2D eigenvalue weighted by Crippen LogP contribution is 2.32. The molecule has 0 aliphatic carbocycles. The molecular formula is C28H32ClFN4O4. The Morgan fingerprint density at radius 3 is 2.45 bits per heavy atom. The lowest BCUT2D eigenvalue weighted by atomic mass is 9.94. The second-order valence-corrected chi connectivity index (χ2v) is 9.73. The van der Waals surface area contributed by atoms with Gasteiger partial charge in [-0.05, 0) is 50.6 Å². The van der Waals surface area contributed by atoms with Crippen molar-refractivity contribution in [3.8, 4) is 0 Å². The van der Waals surface area contributed by atoms with E-state index in [0.29, 0.717) is 60.1 Å². The van der Waals surface area contributed by atoms with Crippen molar-refractivity contribution >= 4 is 29.5 Å². The van der Waals surface area contributed by atoms with E-state index in [9.17, 15) is 18.8 Å². The maximum absolute atomic E-state index is 13.6. The zero-order valence-electron chi connectivity index (χ0n) is 21.7. The van der Waals surface area contributed by atoms with E-state index in [2.05, 4.69) is 10.2 Å². The fourth-order valence-corrected chi connectivity index (χ4v) is 5.26. The molecule has 10 heteroatoms. The number of nitrogens with one attached hydrogen (secondary N) is 1. The molecule has 202 valence electrons. The van der Waals surface area contributed by atoms with Crippen LogP contribution >= 0.6 is 11.6 Å². The molecule has 2 atom stereocenters. The number of nitrogens with zero attached hydrogens (tertiary/aromatic N) is 3. The van der Waals surface area contributed by atoms with Gasteiger partial charge in [0.15, 0.2) is 0 Å². The van der Waals surface area contributed by atoms with Gasteiger partial charge in [0.1, 0.15) is 5.82 Å². The van der Waals surface area contributed by atoms with Crippen LogP contribution in [-0.2, 0) is 9.53 Å². The Kier molecular flexibility index (Phi) is 8.69. The molecule has 1 N–H and O–H groups in total. The summed E-state index contributed by atoms with van der Waals surface area (Å²) in [6.07, 6.45) is 0. The molecule has 2 aromatic rings. The van der Waals surface area contributed by atoms with Gasteiger partial charge in [-0.25, -0.2) is 14.0 Å². The summed E-state index contributed by atoms with van der Waals surface area (Å²) in [5.74, 6) is -1.07. The van der Waals surface area contributed by atoms with Gasteiger partial charge in [0.25, 0.3) is 5.91 Å². The average Bonchev–Trinajstić information content (AvgIpc) is 2.89. The van der Waals surface area contributed by atoms with E-state index in [1.165, 1.54) is 17.0 Å². The zero-order valence-corrected chi connectivity index (χ0v) is 22.5. The van der Waals surface area contributed by atoms with Crippen LogP contribution in [-0.4, -0.2) is 78.0 Å². The van der Waals surface area contributed by atoms with Crippen molar-refractivity contribution in [3.05, 3.63) is 81.8 Å². The van der Waals surface area contributed by atoms with Crippen LogP contribution in [0.3, 0.4) is 0 Å². The molecule has 0 bridgehead atoms. The van der Waals surface area contributed by atoms with Crippen LogP contribution in [0.15, 0.2) is 59.8 Å². The Bertz CT molecular complexity index is 1240. The lowest BCUT2D eigenvalue weighted by molar-refractivity contribution is -0.139. The van der Waals surface area contributed by atoms with Gasteiger partial charge in [-0.2, -0.15) is 0 Å². The third-order valence-electron chi connectivity index (χ3n) is 6.90. The number of esters is 1. The molecule has 38 heavy (non-hydrogen) atoms. The van der Waals surface area contributed by atoms with Crippen LogP contribution in [0.1, 0.15) is 42.7 Å². The van der Waals surface area contributed by atoms with Gasteiger partial charge in [0, 0.05) is 44.5 Å². The van der Waals surface area contributed by atoms with E-state index in [-0.39, 0.29) is 24.6 Å². The molecule has 0 radical (unpaired) electrons. The van der Waals surface area contributed by atoms with E-state index in [0.717, 1.165) is 0 Å². The van der Waals surface area contributed by atoms with Crippen molar-refractivity contribution < 1.29 is 23.5 Å². The number of likely N-dealkylation sites (N-methyl/N-ethyl adjacent to an activating group) is 1. The molecule has 0 spiro atoms. The minimum atomic E-state index is -0.777. The van der Waals surface area contributed by atoms with Crippen molar-refractivity contribution in [1.82, 2.24) is 20.0 Å². The van der Waals surface area contributed by atoms with Crippen LogP contribution in [0.5, 0.6) is 0 Å². The van der Waals surface area contributed by atoms with Gasteiger partial charge in [-0.15, -0.1) is 0 Å². The summed E-state index contributed by atoms with van der Waals surface area (Å²) in [6, 6.07) is 11.5. The number of piperazine rings is 1. The molecule has 2 aliphatic rings. The molecule has 3 amide bonds. The Morgan fingerprint density at radius 2 is 1.82 bits per heavy atom. The molecule has 4 rings (SSSR count). The predicted octanol–water partition coefficient (Wildman–Crippen LogP) is 4.23. The van der Waals surface area contributed by atoms with E-state index < -0.39 is 17.8 Å². The number of amides is 3. The third kappa shape index (κ3) is 5.68. The molecular weight excluding hydrogens is 511 g/mol. The van der Waals surface area contributed by atoms with E-state index in [1.807, 2.05) is 13.8 Å². The summed E-state index contributed by atoms with van der Waals surface area (Å²) in [6.45, 7) is 7.90. The molecule has 0 saturated carbocycles. The van der Waals surface area contributed by atoms with E-state index in [4.69, 9.17) is 16.3 Å². The number of carbonyl (C=O) groups excluding carboxylic acids is 3. The lowest BCUT2D eigenvalue weighted by Gasteiger charge is -2.43. The fraction of sp³-hybridized carbons (Fsp3) is 0.393. The van der Waals surface area contributed by atoms with Gasteiger partial charge in [0.05, 0.1) is 28.8 Å². The summed E-state index contributed by atoms with van der Waals surface area (Å²) in [7, 11) is 0. The van der Waals surface area contributed by atoms with Gasteiger partial charge in [-0.1, -0.05) is 35.9 Å². The van der Waals surface area contributed by atoms with Gasteiger partial charge < -0.3 is 15.0 Å². The van der Waals surface area contributed by atoms with Crippen molar-refractivity contribution in [3.63, 3.8) is 0 Å². The quantitative estimate of drug-likeness (QED) is 0.530. The number of hydrogen-bond donors (Lipinski definition) is 1. The first-order chi connectivity index (χ1) is 18.2. The molecule has 0 aromatic heterocycles. The van der Waals surface area contributed by atoms with Gasteiger partial charge in [-0.3, -0.25) is 14.6 Å². The summed E-state index contributed by atoms with van der Waals surface area (Å²) >= 11 is 6.26. The second kappa shape index (κ2) is 12.0. The first-order valence-electron chi connectivity index (χ1n) is 12.8. The molecule has 2 heterocycles. The summed E-state index contributed by atoms with van der Waals surface area (Å²) in [5, 5.41) is 3.30. The standard InChI is InChI=1S/C28H32ClFN4O4/c1-4-33-23(17-32-14-15-34(18(3)16-32)26(35)21-8-6-7-9-22(21)29)24(27(36)38-5-2)25(31-28(33)37)19-10-12-20(30)13-11-19/h6-13,18,25H,4-5,14-17H2,1-3H3,(H,31,37)/t18-,25-/m1/s1. The van der Waals surface area contributed by atoms with Gasteiger partial charge in [0.2, 0.25) is 0 Å². The number of halogens is 2. The van der Waals surface area contributed by atoms with Crippen LogP contribution in [0.4, 0.5) is 9.18 Å². The molecule has 0 unspecified atom stereocenters. The summed E-state index contributed by atoms with van der Waals surface area (Å²) in [5.41, 5.74) is 1.91. The SMILES string of the molecule is CCOC(=O)C1=C(CN2CCN(C(=O)c3ccccc3Cl)[C@H](C)C2)N(CC)C(=O)N[C@@H]1c1ccc(F)cc1. The minimum absolute atomic E-state index is 0.125. The highest BCUT2D eigenvalue weighted by molar-refractivity contribution is 6.33. The van der Waals surface area contributed by atoms with Crippen molar-refractivity contribution in [2.75, 3.05) is 39.3 Å². The van der Waals surface area contributed by atoms with Crippen LogP contribution < -0.4 is 5.32 Å². The van der Waals surface area contributed by atoms with Crippen molar-refractivity contribution in [2.24, 2.45) is 0 Å². The largest absolute Gasteiger partial charge is 0.463 e. The summed E-state index contributed by atoms with van der Waals surface area (Å²) < 4.78 is 19.0. The van der Waals surface area contributed by atoms with Crippen molar-refractivity contribution in [2.45, 2.75) is 32.9 Å². The smallest absolute Gasteiger partial charge is 0.338 e. The van der Waals surface area contributed by atoms with Gasteiger partial charge >= 0.3 is 12.0 Å². The van der Waals surface area contributed by atoms with Crippen LogP contribution in [0, 0.1) is 5.82 Å². The number of urea groups is 1. The van der Waals surface area contributed by atoms with Crippen LogP contribution in [0.25, 0.3) is 0 Å². The Labute approximate surface area is 227 Å². The highest BCUT2D eigenvalue weighted by atomic mass is 35.5. The zero-order chi connectivity index (χ0) is 27.4. The normalized spacial score (nSPS) is 20.4. The number of ether oxygens (including phenoxy) is 1. The second-order valence-electron chi connectivity index (χ2n) is 9.32. The van der Waals surface area contributed by atoms with E-state index in [1.54, 1.807) is 48.2 Å². The molecule has 2 aromatic carbocycles. The number of rotatable bonds is 7. The number of hydrogen-bond acceptors (Lipinski definition) is 5. The van der Waals surface area contributed by atoms with Crippen molar-refractivity contribution in [1.29, 1.82) is 0 Å². The minimum Gasteiger partial charge on any atom is -0.463 e. The topological polar surface area (TPSA) is 82.2 Å². The average molecular weight is 543 g/mol. The first kappa shape index (κ1) is 27.6. The Morgan fingerprint density at radius 1 is 1.11 bits per heavy atom. The molecule has 1 saturated heterocycles. The third-order valence-corrected chi connectivity index (χ3v) is 7.23. The Hall–Kier alpha value is -3.43. The van der Waals surface area contributed by atoms with Crippen LogP contribution in [0.2, 0.25) is 5.02 Å². The maximum Gasteiger partial charge on any atom is 0.338 e. The predicted molar refractivity (Wildman–Crippen MR) is 142 cm³/mol. The highest BCUT2D eigenvalue weighted by Gasteiger charge is 2.39.